The molecule has 0 aliphatic carbocycles. The Bertz CT molecular complexity index is 1330. The van der Waals surface area contributed by atoms with Crippen molar-refractivity contribution >= 4 is 17.4 Å². The lowest BCUT2D eigenvalue weighted by Crippen LogP contribution is -2.42. The monoisotopic (exact) mass is 544 g/mol. The number of hydrogen-bond acceptors (Lipinski definition) is 7. The van der Waals surface area contributed by atoms with Gasteiger partial charge in [-0.25, -0.2) is 0 Å². The number of likely N-dealkylation sites (tertiary alicyclic amines) is 1. The Balaban J connectivity index is 1.36. The summed E-state index contributed by atoms with van der Waals surface area (Å²) >= 11 is 0. The smallest absolute Gasteiger partial charge is 0.255 e. The van der Waals surface area contributed by atoms with Crippen LogP contribution in [0.3, 0.4) is 0 Å². The van der Waals surface area contributed by atoms with Gasteiger partial charge in [-0.2, -0.15) is 0 Å². The van der Waals surface area contributed by atoms with Gasteiger partial charge in [0.1, 0.15) is 0 Å². The fraction of sp³-hybridized carbons (Fsp3) is 0.375. The minimum absolute atomic E-state index is 0.0222. The number of benzene rings is 3. The topological polar surface area (TPSA) is 108 Å². The lowest BCUT2D eigenvalue weighted by Gasteiger charge is -2.38. The van der Waals surface area contributed by atoms with Crippen LogP contribution in [-0.4, -0.2) is 58.6 Å². The molecule has 8 nitrogen and oxygen atoms in total. The van der Waals surface area contributed by atoms with Crippen LogP contribution in [0, 0.1) is 0 Å². The molecule has 0 radical (unpaired) electrons. The Morgan fingerprint density at radius 3 is 2.48 bits per heavy atom. The number of hydrogen-bond donors (Lipinski definition) is 3. The lowest BCUT2D eigenvalue weighted by molar-refractivity contribution is -0.253. The van der Waals surface area contributed by atoms with Crippen molar-refractivity contribution in [3.8, 4) is 0 Å². The lowest BCUT2D eigenvalue weighted by atomic mass is 9.99. The third kappa shape index (κ3) is 6.66. The van der Waals surface area contributed by atoms with Gasteiger partial charge in [0.25, 0.3) is 5.91 Å². The highest BCUT2D eigenvalue weighted by Gasteiger charge is 2.35. The fourth-order valence-electron chi connectivity index (χ4n) is 5.48. The van der Waals surface area contributed by atoms with Crippen molar-refractivity contribution in [1.82, 2.24) is 4.90 Å². The van der Waals surface area contributed by atoms with E-state index in [-0.39, 0.29) is 43.2 Å². The largest absolute Gasteiger partial charge is 0.395 e. The zero-order chi connectivity index (χ0) is 28.1. The first kappa shape index (κ1) is 28.1. The molecule has 0 saturated carbocycles. The standard InChI is InChI=1S/C32H36N2O6/c1-21(37)24-5-3-8-27(16-24)33-31(38)25-6-2-7-26(15-25)32-39-29(18-34-14-4-9-28(34)20-36)17-30(40-32)23-12-10-22(19-35)11-13-23/h2-3,5-8,10-13,15-16,28-30,32,35-36H,4,9,14,17-20H2,1H3,(H,33,38). The van der Waals surface area contributed by atoms with Gasteiger partial charge in [0.05, 0.1) is 25.4 Å². The zero-order valence-corrected chi connectivity index (χ0v) is 22.7. The quantitative estimate of drug-likeness (QED) is 0.337. The zero-order valence-electron chi connectivity index (χ0n) is 22.7. The summed E-state index contributed by atoms with van der Waals surface area (Å²) in [5.74, 6) is -0.368. The molecule has 2 aliphatic heterocycles. The number of ether oxygens (including phenoxy) is 2. The first-order chi connectivity index (χ1) is 19.4. The normalized spacial score (nSPS) is 23.2. The number of nitrogens with zero attached hydrogens (tertiary/aromatic N) is 1. The first-order valence-corrected chi connectivity index (χ1v) is 13.8. The predicted molar refractivity (Wildman–Crippen MR) is 151 cm³/mol. The molecular weight excluding hydrogens is 508 g/mol. The SMILES string of the molecule is CC(=O)c1cccc(NC(=O)c2cccc(C3OC(CN4CCCC4CO)CC(c4ccc(CO)cc4)O3)c2)c1. The molecule has 1 amide bonds. The second kappa shape index (κ2) is 12.8. The number of ketones is 1. The molecule has 0 aromatic heterocycles. The van der Waals surface area contributed by atoms with E-state index in [1.807, 2.05) is 30.3 Å². The maximum atomic E-state index is 13.1. The Labute approximate surface area is 234 Å². The van der Waals surface area contributed by atoms with Crippen LogP contribution in [0.4, 0.5) is 5.69 Å². The van der Waals surface area contributed by atoms with Crippen molar-refractivity contribution in [3.05, 3.63) is 101 Å². The Morgan fingerprint density at radius 1 is 0.950 bits per heavy atom. The number of nitrogens with one attached hydrogen (secondary N) is 1. The average molecular weight is 545 g/mol. The highest BCUT2D eigenvalue weighted by atomic mass is 16.7. The molecule has 4 unspecified atom stereocenters. The van der Waals surface area contributed by atoms with Gasteiger partial charge >= 0.3 is 0 Å². The Kier molecular flexibility index (Phi) is 9.04. The van der Waals surface area contributed by atoms with E-state index < -0.39 is 6.29 Å². The molecule has 210 valence electrons. The second-order valence-corrected chi connectivity index (χ2v) is 10.5. The van der Waals surface area contributed by atoms with E-state index in [4.69, 9.17) is 9.47 Å². The van der Waals surface area contributed by atoms with Crippen LogP contribution in [0.2, 0.25) is 0 Å². The van der Waals surface area contributed by atoms with Crippen LogP contribution in [0.25, 0.3) is 0 Å². The van der Waals surface area contributed by atoms with Gasteiger partial charge < -0.3 is 25.0 Å². The maximum absolute atomic E-state index is 13.1. The van der Waals surface area contributed by atoms with E-state index in [9.17, 15) is 19.8 Å². The van der Waals surface area contributed by atoms with Gasteiger partial charge in [-0.1, -0.05) is 48.5 Å². The van der Waals surface area contributed by atoms with Crippen LogP contribution < -0.4 is 5.32 Å². The van der Waals surface area contributed by atoms with E-state index in [0.717, 1.165) is 36.1 Å². The number of rotatable bonds is 9. The van der Waals surface area contributed by atoms with Gasteiger partial charge in [0.2, 0.25) is 0 Å². The third-order valence-corrected chi connectivity index (χ3v) is 7.71. The summed E-state index contributed by atoms with van der Waals surface area (Å²) in [4.78, 5) is 27.1. The van der Waals surface area contributed by atoms with Crippen molar-refractivity contribution in [2.45, 2.75) is 57.3 Å². The number of aliphatic hydroxyl groups excluding tert-OH is 2. The molecule has 2 heterocycles. The number of amides is 1. The van der Waals surface area contributed by atoms with Crippen LogP contribution in [0.15, 0.2) is 72.8 Å². The van der Waals surface area contributed by atoms with Gasteiger partial charge in [-0.3, -0.25) is 14.5 Å². The fourth-order valence-corrected chi connectivity index (χ4v) is 5.48. The molecule has 40 heavy (non-hydrogen) atoms. The maximum Gasteiger partial charge on any atom is 0.255 e. The molecule has 0 bridgehead atoms. The summed E-state index contributed by atoms with van der Waals surface area (Å²) in [5, 5.41) is 22.2. The summed E-state index contributed by atoms with van der Waals surface area (Å²) in [6.07, 6.45) is 1.61. The van der Waals surface area contributed by atoms with Gasteiger partial charge in [-0.05, 0) is 61.7 Å². The number of aliphatic hydroxyl groups is 2. The third-order valence-electron chi connectivity index (χ3n) is 7.71. The molecular formula is C32H36N2O6. The summed E-state index contributed by atoms with van der Waals surface area (Å²) < 4.78 is 12.9. The van der Waals surface area contributed by atoms with Crippen molar-refractivity contribution in [3.63, 3.8) is 0 Å². The summed E-state index contributed by atoms with van der Waals surface area (Å²) in [6.45, 7) is 3.20. The molecule has 2 aliphatic rings. The molecule has 5 rings (SSSR count). The average Bonchev–Trinajstić information content (AvgIpc) is 3.44. The molecule has 3 N–H and O–H groups in total. The van der Waals surface area contributed by atoms with E-state index in [1.54, 1.807) is 42.5 Å². The van der Waals surface area contributed by atoms with Crippen molar-refractivity contribution in [2.75, 3.05) is 25.0 Å². The first-order valence-electron chi connectivity index (χ1n) is 13.8. The predicted octanol–water partition coefficient (Wildman–Crippen LogP) is 4.64. The van der Waals surface area contributed by atoms with Gasteiger partial charge in [0, 0.05) is 41.4 Å². The van der Waals surface area contributed by atoms with E-state index in [1.165, 1.54) is 6.92 Å². The highest BCUT2D eigenvalue weighted by Crippen LogP contribution is 2.39. The molecule has 2 fully saturated rings. The minimum Gasteiger partial charge on any atom is -0.395 e. The second-order valence-electron chi connectivity index (χ2n) is 10.5. The van der Waals surface area contributed by atoms with Crippen molar-refractivity contribution in [2.24, 2.45) is 0 Å². The van der Waals surface area contributed by atoms with Gasteiger partial charge in [-0.15, -0.1) is 0 Å². The van der Waals surface area contributed by atoms with E-state index in [2.05, 4.69) is 10.2 Å². The summed E-state index contributed by atoms with van der Waals surface area (Å²) in [5.41, 5.74) is 4.08. The Morgan fingerprint density at radius 2 is 1.73 bits per heavy atom. The van der Waals surface area contributed by atoms with Crippen LogP contribution in [-0.2, 0) is 16.1 Å². The van der Waals surface area contributed by atoms with E-state index >= 15 is 0 Å². The van der Waals surface area contributed by atoms with Crippen LogP contribution in [0.5, 0.6) is 0 Å². The van der Waals surface area contributed by atoms with Crippen molar-refractivity contribution < 1.29 is 29.3 Å². The summed E-state index contributed by atoms with van der Waals surface area (Å²) in [6, 6.07) is 21.9. The van der Waals surface area contributed by atoms with Gasteiger partial charge in [0.15, 0.2) is 12.1 Å². The molecule has 3 aromatic carbocycles. The molecule has 3 aromatic rings. The Hall–Kier alpha value is -3.40. The number of anilines is 1. The number of carbonyl (C=O) groups is 2. The molecule has 0 spiro atoms. The van der Waals surface area contributed by atoms with Crippen LogP contribution in [0.1, 0.15) is 76.0 Å². The minimum atomic E-state index is -0.690. The number of carbonyl (C=O) groups excluding carboxylic acids is 2. The molecule has 2 saturated heterocycles. The van der Waals surface area contributed by atoms with E-state index in [0.29, 0.717) is 29.8 Å². The highest BCUT2D eigenvalue weighted by molar-refractivity contribution is 6.05. The summed E-state index contributed by atoms with van der Waals surface area (Å²) in [7, 11) is 0. The molecule has 4 atom stereocenters. The van der Waals surface area contributed by atoms with Crippen molar-refractivity contribution in [1.29, 1.82) is 0 Å². The number of Topliss-reactive ketones (excluding diaryl/α,β-unsaturated/α-hetero) is 1. The van der Waals surface area contributed by atoms with Crippen LogP contribution >= 0.6 is 0 Å². The molecule has 8 heteroatoms.